The molecule has 0 saturated heterocycles. The highest BCUT2D eigenvalue weighted by Crippen LogP contribution is 2.37. The van der Waals surface area contributed by atoms with Crippen molar-refractivity contribution in [2.45, 2.75) is 17.5 Å². The van der Waals surface area contributed by atoms with Crippen LogP contribution in [0.4, 0.5) is 13.2 Å². The third-order valence-corrected chi connectivity index (χ3v) is 5.78. The van der Waals surface area contributed by atoms with Crippen molar-refractivity contribution < 1.29 is 22.8 Å². The summed E-state index contributed by atoms with van der Waals surface area (Å²) in [5.74, 6) is -1.65. The molecule has 0 atom stereocenters. The van der Waals surface area contributed by atoms with Gasteiger partial charge < -0.3 is 16.4 Å². The predicted molar refractivity (Wildman–Crippen MR) is 118 cm³/mol. The minimum absolute atomic E-state index is 0.0321. The lowest BCUT2D eigenvalue weighted by Gasteiger charge is -2.28. The monoisotopic (exact) mass is 462 g/mol. The molecule has 1 heterocycles. The Morgan fingerprint density at radius 1 is 1.12 bits per heavy atom. The van der Waals surface area contributed by atoms with Gasteiger partial charge in [-0.1, -0.05) is 24.3 Å². The normalized spacial score (nSPS) is 14.0. The lowest BCUT2D eigenvalue weighted by atomic mass is 9.92. The topological polar surface area (TPSA) is 102 Å². The van der Waals surface area contributed by atoms with Gasteiger partial charge in [-0.3, -0.25) is 9.59 Å². The molecular weight excluding hydrogens is 441 g/mol. The smallest absolute Gasteiger partial charge is 0.370 e. The molecule has 0 spiro atoms. The summed E-state index contributed by atoms with van der Waals surface area (Å²) in [6.45, 7) is 0.461. The van der Waals surface area contributed by atoms with E-state index in [0.717, 1.165) is 11.0 Å². The number of nitrogens with two attached hydrogens (primary N) is 2. The fourth-order valence-corrected chi connectivity index (χ4v) is 4.05. The van der Waals surface area contributed by atoms with Crippen LogP contribution in [-0.2, 0) is 6.18 Å². The lowest BCUT2D eigenvalue weighted by molar-refractivity contribution is -0.137. The van der Waals surface area contributed by atoms with Gasteiger partial charge in [-0.05, 0) is 48.1 Å². The molecule has 0 bridgehead atoms. The fourth-order valence-electron chi connectivity index (χ4n) is 3.46. The van der Waals surface area contributed by atoms with Gasteiger partial charge >= 0.3 is 6.18 Å². The van der Waals surface area contributed by atoms with E-state index in [9.17, 15) is 22.8 Å². The molecule has 10 heteroatoms. The molecule has 3 rings (SSSR count). The molecule has 0 radical (unpaired) electrons. The number of thioether (sulfide) groups is 1. The average Bonchev–Trinajstić information content (AvgIpc) is 2.77. The highest BCUT2D eigenvalue weighted by molar-refractivity contribution is 7.98. The number of carbonyl (C=O) groups is 2. The molecule has 168 valence electrons. The van der Waals surface area contributed by atoms with Gasteiger partial charge in [0, 0.05) is 23.5 Å². The van der Waals surface area contributed by atoms with E-state index in [1.807, 2.05) is 18.4 Å². The average molecular weight is 462 g/mol. The maximum Gasteiger partial charge on any atom is 0.417 e. The van der Waals surface area contributed by atoms with E-state index < -0.39 is 23.6 Å². The van der Waals surface area contributed by atoms with Crippen LogP contribution in [0.25, 0.3) is 5.57 Å². The number of carbonyl (C=O) groups excluding carboxylic acids is 2. The summed E-state index contributed by atoms with van der Waals surface area (Å²) in [5.41, 5.74) is 10.1. The molecule has 0 saturated carbocycles. The zero-order valence-corrected chi connectivity index (χ0v) is 18.0. The molecule has 2 amide bonds. The van der Waals surface area contributed by atoms with Gasteiger partial charge in [-0.15, -0.1) is 11.8 Å². The standard InChI is InChI=1S/C22H21F3N4O2S/c1-32-18-5-3-2-4-16(18)20(31)29-10-8-13(9-11-29)15-7-6-14(19(30)28-21(26)27)12-17(15)22(23,24)25/h2-8,12H,9-11H2,1H3,(H4,26,27,28,30). The van der Waals surface area contributed by atoms with E-state index >= 15 is 0 Å². The first kappa shape index (κ1) is 23.4. The summed E-state index contributed by atoms with van der Waals surface area (Å²) in [6, 6.07) is 10.5. The van der Waals surface area contributed by atoms with Crippen LogP contribution in [0.5, 0.6) is 0 Å². The second kappa shape index (κ2) is 9.47. The summed E-state index contributed by atoms with van der Waals surface area (Å²) in [5, 5.41) is 0. The Hall–Kier alpha value is -3.27. The molecule has 0 aromatic heterocycles. The molecule has 32 heavy (non-hydrogen) atoms. The van der Waals surface area contributed by atoms with Gasteiger partial charge in [0.15, 0.2) is 5.96 Å². The number of alkyl halides is 3. The Morgan fingerprint density at radius 2 is 1.84 bits per heavy atom. The number of rotatable bonds is 4. The second-order valence-corrected chi connectivity index (χ2v) is 7.88. The molecule has 2 aromatic rings. The van der Waals surface area contributed by atoms with Gasteiger partial charge in [0.25, 0.3) is 11.8 Å². The number of aliphatic imine (C=N–C) groups is 1. The summed E-state index contributed by atoms with van der Waals surface area (Å²) in [4.78, 5) is 30.6. The van der Waals surface area contributed by atoms with Crippen LogP contribution in [0.3, 0.4) is 0 Å². The van der Waals surface area contributed by atoms with E-state index in [0.29, 0.717) is 11.1 Å². The van der Waals surface area contributed by atoms with E-state index in [1.54, 1.807) is 23.1 Å². The Kier molecular flexibility index (Phi) is 6.93. The van der Waals surface area contributed by atoms with Gasteiger partial charge in [0.2, 0.25) is 0 Å². The van der Waals surface area contributed by atoms with Crippen LogP contribution < -0.4 is 11.5 Å². The van der Waals surface area contributed by atoms with Crippen LogP contribution in [0, 0.1) is 0 Å². The van der Waals surface area contributed by atoms with Crippen molar-refractivity contribution in [2.24, 2.45) is 16.5 Å². The Balaban J connectivity index is 1.89. The molecule has 2 aromatic carbocycles. The van der Waals surface area contributed by atoms with Crippen molar-refractivity contribution in [3.05, 3.63) is 70.8 Å². The number of amides is 2. The number of benzene rings is 2. The summed E-state index contributed by atoms with van der Waals surface area (Å²) in [7, 11) is 0. The minimum Gasteiger partial charge on any atom is -0.370 e. The van der Waals surface area contributed by atoms with E-state index in [4.69, 9.17) is 11.5 Å². The van der Waals surface area contributed by atoms with Gasteiger partial charge in [-0.2, -0.15) is 18.2 Å². The largest absolute Gasteiger partial charge is 0.417 e. The highest BCUT2D eigenvalue weighted by Gasteiger charge is 2.35. The molecular formula is C22H21F3N4O2S. The first-order valence-electron chi connectivity index (χ1n) is 9.58. The van der Waals surface area contributed by atoms with Crippen molar-refractivity contribution in [1.29, 1.82) is 0 Å². The molecule has 0 aliphatic carbocycles. The first-order valence-corrected chi connectivity index (χ1v) is 10.8. The molecule has 0 fully saturated rings. The third-order valence-electron chi connectivity index (χ3n) is 4.98. The van der Waals surface area contributed by atoms with Crippen molar-refractivity contribution in [2.75, 3.05) is 19.3 Å². The van der Waals surface area contributed by atoms with Crippen molar-refractivity contribution in [3.63, 3.8) is 0 Å². The minimum atomic E-state index is -4.69. The number of nitrogens with zero attached hydrogens (tertiary/aromatic N) is 2. The number of hydrogen-bond donors (Lipinski definition) is 2. The third kappa shape index (κ3) is 5.13. The van der Waals surface area contributed by atoms with Crippen molar-refractivity contribution in [1.82, 2.24) is 4.90 Å². The number of hydrogen-bond acceptors (Lipinski definition) is 3. The van der Waals surface area contributed by atoms with Crippen LogP contribution in [-0.4, -0.2) is 42.0 Å². The quantitative estimate of drug-likeness (QED) is 0.409. The van der Waals surface area contributed by atoms with E-state index in [1.165, 1.54) is 23.9 Å². The first-order chi connectivity index (χ1) is 15.1. The highest BCUT2D eigenvalue weighted by atomic mass is 32.2. The molecule has 1 aliphatic heterocycles. The lowest BCUT2D eigenvalue weighted by Crippen LogP contribution is -2.35. The second-order valence-electron chi connectivity index (χ2n) is 7.03. The van der Waals surface area contributed by atoms with Crippen molar-refractivity contribution in [3.8, 4) is 0 Å². The van der Waals surface area contributed by atoms with Gasteiger partial charge in [0.05, 0.1) is 11.1 Å². The van der Waals surface area contributed by atoms with E-state index in [-0.39, 0.29) is 36.5 Å². The Labute approximate surface area is 187 Å². The number of guanidine groups is 1. The molecule has 1 aliphatic rings. The molecule has 4 N–H and O–H groups in total. The molecule has 0 unspecified atom stereocenters. The van der Waals surface area contributed by atoms with Crippen molar-refractivity contribution >= 4 is 35.1 Å². The maximum absolute atomic E-state index is 13.7. The van der Waals surface area contributed by atoms with Crippen LogP contribution in [0.15, 0.2) is 58.4 Å². The molecule has 6 nitrogen and oxygen atoms in total. The Bertz CT molecular complexity index is 1110. The summed E-state index contributed by atoms with van der Waals surface area (Å²) < 4.78 is 41.2. The SMILES string of the molecule is CSc1ccccc1C(=O)N1CC=C(c2ccc(C(=O)N=C(N)N)cc2C(F)(F)F)CC1. The van der Waals surface area contributed by atoms with Crippen LogP contribution in [0.1, 0.15) is 38.3 Å². The van der Waals surface area contributed by atoms with Crippen LogP contribution >= 0.6 is 11.8 Å². The van der Waals surface area contributed by atoms with Gasteiger partial charge in [0.1, 0.15) is 0 Å². The Morgan fingerprint density at radius 3 is 2.44 bits per heavy atom. The number of halogens is 3. The van der Waals surface area contributed by atoms with Crippen LogP contribution in [0.2, 0.25) is 0 Å². The zero-order chi connectivity index (χ0) is 23.5. The maximum atomic E-state index is 13.7. The summed E-state index contributed by atoms with van der Waals surface area (Å²) in [6.07, 6.45) is -0.947. The fraction of sp³-hybridized carbons (Fsp3) is 0.227. The zero-order valence-electron chi connectivity index (χ0n) is 17.1. The predicted octanol–water partition coefficient (Wildman–Crippen LogP) is 3.77. The van der Waals surface area contributed by atoms with E-state index in [2.05, 4.69) is 4.99 Å². The summed E-state index contributed by atoms with van der Waals surface area (Å²) >= 11 is 1.46. The van der Waals surface area contributed by atoms with Gasteiger partial charge in [-0.25, -0.2) is 0 Å².